The lowest BCUT2D eigenvalue weighted by atomic mass is 10.3. The standard InChI is InChI=1S/C13H18FNO2/c1-3-4-9-15(2)13(16)10-17-12-7-5-11(14)6-8-12/h5-8H,3-4,9-10H2,1-2H3. The van der Waals surface area contributed by atoms with E-state index in [9.17, 15) is 9.18 Å². The number of hydrogen-bond donors (Lipinski definition) is 0. The fourth-order valence-electron chi connectivity index (χ4n) is 1.31. The van der Waals surface area contributed by atoms with Gasteiger partial charge in [0.05, 0.1) is 0 Å². The Morgan fingerprint density at radius 3 is 2.59 bits per heavy atom. The minimum atomic E-state index is -0.316. The van der Waals surface area contributed by atoms with E-state index in [0.29, 0.717) is 5.75 Å². The third kappa shape index (κ3) is 4.85. The van der Waals surface area contributed by atoms with E-state index in [1.165, 1.54) is 24.3 Å². The second kappa shape index (κ2) is 6.89. The van der Waals surface area contributed by atoms with Crippen LogP contribution in [0.5, 0.6) is 5.75 Å². The van der Waals surface area contributed by atoms with Crippen LogP contribution in [0.4, 0.5) is 4.39 Å². The van der Waals surface area contributed by atoms with Gasteiger partial charge in [0.15, 0.2) is 6.61 Å². The normalized spacial score (nSPS) is 10.1. The molecule has 0 bridgehead atoms. The van der Waals surface area contributed by atoms with E-state index in [0.717, 1.165) is 19.4 Å². The fourth-order valence-corrected chi connectivity index (χ4v) is 1.31. The van der Waals surface area contributed by atoms with Gasteiger partial charge in [-0.15, -0.1) is 0 Å². The number of ether oxygens (including phenoxy) is 1. The summed E-state index contributed by atoms with van der Waals surface area (Å²) in [5, 5.41) is 0. The van der Waals surface area contributed by atoms with Gasteiger partial charge in [-0.1, -0.05) is 13.3 Å². The molecule has 0 spiro atoms. The van der Waals surface area contributed by atoms with Crippen molar-refractivity contribution in [3.63, 3.8) is 0 Å². The molecule has 1 rings (SSSR count). The number of likely N-dealkylation sites (N-methyl/N-ethyl adjacent to an activating group) is 1. The molecule has 4 heteroatoms. The molecule has 1 aromatic rings. The van der Waals surface area contributed by atoms with Gasteiger partial charge in [-0.05, 0) is 30.7 Å². The number of nitrogens with zero attached hydrogens (tertiary/aromatic N) is 1. The summed E-state index contributed by atoms with van der Waals surface area (Å²) in [5.41, 5.74) is 0. The Kier molecular flexibility index (Phi) is 5.46. The molecular formula is C13H18FNO2. The summed E-state index contributed by atoms with van der Waals surface area (Å²) in [5.74, 6) is 0.121. The highest BCUT2D eigenvalue weighted by molar-refractivity contribution is 5.77. The highest BCUT2D eigenvalue weighted by atomic mass is 19.1. The number of amides is 1. The quantitative estimate of drug-likeness (QED) is 0.763. The molecule has 0 heterocycles. The molecule has 0 atom stereocenters. The van der Waals surface area contributed by atoms with Crippen molar-refractivity contribution in [3.05, 3.63) is 30.1 Å². The van der Waals surface area contributed by atoms with E-state index in [4.69, 9.17) is 4.74 Å². The third-order valence-corrected chi connectivity index (χ3v) is 2.45. The molecule has 0 unspecified atom stereocenters. The van der Waals surface area contributed by atoms with Gasteiger partial charge in [0.1, 0.15) is 11.6 Å². The summed E-state index contributed by atoms with van der Waals surface area (Å²) in [7, 11) is 1.76. The zero-order valence-corrected chi connectivity index (χ0v) is 10.3. The molecule has 1 aromatic carbocycles. The molecule has 0 saturated carbocycles. The molecular weight excluding hydrogens is 221 g/mol. The van der Waals surface area contributed by atoms with Crippen molar-refractivity contribution in [2.45, 2.75) is 19.8 Å². The van der Waals surface area contributed by atoms with Crippen molar-refractivity contribution in [1.29, 1.82) is 0 Å². The van der Waals surface area contributed by atoms with E-state index >= 15 is 0 Å². The van der Waals surface area contributed by atoms with Crippen LogP contribution in [0.2, 0.25) is 0 Å². The van der Waals surface area contributed by atoms with Crippen LogP contribution in [0.3, 0.4) is 0 Å². The first-order valence-corrected chi connectivity index (χ1v) is 5.75. The Morgan fingerprint density at radius 2 is 2.00 bits per heavy atom. The van der Waals surface area contributed by atoms with Crippen molar-refractivity contribution in [1.82, 2.24) is 4.90 Å². The number of carbonyl (C=O) groups excluding carboxylic acids is 1. The monoisotopic (exact) mass is 239 g/mol. The first kappa shape index (κ1) is 13.5. The predicted octanol–water partition coefficient (Wildman–Crippen LogP) is 2.46. The Bertz CT molecular complexity index is 351. The largest absolute Gasteiger partial charge is 0.484 e. The van der Waals surface area contributed by atoms with Crippen LogP contribution in [0.1, 0.15) is 19.8 Å². The lowest BCUT2D eigenvalue weighted by Gasteiger charge is -2.16. The zero-order chi connectivity index (χ0) is 12.7. The lowest BCUT2D eigenvalue weighted by Crippen LogP contribution is -2.32. The van der Waals surface area contributed by atoms with Gasteiger partial charge < -0.3 is 9.64 Å². The summed E-state index contributed by atoms with van der Waals surface area (Å²) >= 11 is 0. The van der Waals surface area contributed by atoms with Gasteiger partial charge in [-0.2, -0.15) is 0 Å². The third-order valence-electron chi connectivity index (χ3n) is 2.45. The van der Waals surface area contributed by atoms with Crippen molar-refractivity contribution in [3.8, 4) is 5.75 Å². The van der Waals surface area contributed by atoms with Crippen LogP contribution in [0.25, 0.3) is 0 Å². The summed E-state index contributed by atoms with van der Waals surface area (Å²) in [6.45, 7) is 2.81. The van der Waals surface area contributed by atoms with Crippen LogP contribution in [0, 0.1) is 5.82 Å². The van der Waals surface area contributed by atoms with Crippen LogP contribution in [-0.4, -0.2) is 31.0 Å². The first-order chi connectivity index (χ1) is 8.13. The van der Waals surface area contributed by atoms with E-state index in [2.05, 4.69) is 6.92 Å². The van der Waals surface area contributed by atoms with Gasteiger partial charge in [0, 0.05) is 13.6 Å². The average molecular weight is 239 g/mol. The maximum atomic E-state index is 12.6. The van der Waals surface area contributed by atoms with Gasteiger partial charge in [0.25, 0.3) is 5.91 Å². The summed E-state index contributed by atoms with van der Waals surface area (Å²) < 4.78 is 17.9. The van der Waals surface area contributed by atoms with Gasteiger partial charge in [-0.3, -0.25) is 4.79 Å². The molecule has 0 radical (unpaired) electrons. The lowest BCUT2D eigenvalue weighted by molar-refractivity contribution is -0.132. The number of carbonyl (C=O) groups is 1. The molecule has 1 amide bonds. The van der Waals surface area contributed by atoms with Crippen molar-refractivity contribution in [2.24, 2.45) is 0 Å². The van der Waals surface area contributed by atoms with Crippen molar-refractivity contribution < 1.29 is 13.9 Å². The topological polar surface area (TPSA) is 29.5 Å². The second-order valence-electron chi connectivity index (χ2n) is 3.91. The summed E-state index contributed by atoms with van der Waals surface area (Å²) in [6, 6.07) is 5.63. The van der Waals surface area contributed by atoms with Gasteiger partial charge in [-0.25, -0.2) is 4.39 Å². The van der Waals surface area contributed by atoms with Crippen LogP contribution >= 0.6 is 0 Å². The van der Waals surface area contributed by atoms with Gasteiger partial charge >= 0.3 is 0 Å². The minimum absolute atomic E-state index is 0.00809. The maximum Gasteiger partial charge on any atom is 0.260 e. The summed E-state index contributed by atoms with van der Waals surface area (Å²) in [6.07, 6.45) is 2.04. The van der Waals surface area contributed by atoms with Crippen molar-refractivity contribution >= 4 is 5.91 Å². The molecule has 0 aliphatic rings. The Hall–Kier alpha value is -1.58. The second-order valence-corrected chi connectivity index (χ2v) is 3.91. The van der Waals surface area contributed by atoms with Crippen molar-refractivity contribution in [2.75, 3.05) is 20.2 Å². The number of unbranched alkanes of at least 4 members (excludes halogenated alkanes) is 1. The van der Waals surface area contributed by atoms with Crippen LogP contribution in [0.15, 0.2) is 24.3 Å². The Labute approximate surface area is 101 Å². The number of hydrogen-bond acceptors (Lipinski definition) is 2. The average Bonchev–Trinajstić information content (AvgIpc) is 2.34. The Morgan fingerprint density at radius 1 is 1.35 bits per heavy atom. The highest BCUT2D eigenvalue weighted by Gasteiger charge is 2.08. The minimum Gasteiger partial charge on any atom is -0.484 e. The number of benzene rings is 1. The predicted molar refractivity (Wildman–Crippen MR) is 64.4 cm³/mol. The smallest absolute Gasteiger partial charge is 0.260 e. The number of halogens is 1. The van der Waals surface area contributed by atoms with E-state index in [1.807, 2.05) is 0 Å². The molecule has 94 valence electrons. The molecule has 0 aliphatic carbocycles. The van der Waals surface area contributed by atoms with E-state index in [1.54, 1.807) is 11.9 Å². The maximum absolute atomic E-state index is 12.6. The molecule has 0 aliphatic heterocycles. The molecule has 17 heavy (non-hydrogen) atoms. The number of rotatable bonds is 6. The van der Waals surface area contributed by atoms with E-state index in [-0.39, 0.29) is 18.3 Å². The Balaban J connectivity index is 2.34. The summed E-state index contributed by atoms with van der Waals surface area (Å²) in [4.78, 5) is 13.3. The molecule has 0 N–H and O–H groups in total. The first-order valence-electron chi connectivity index (χ1n) is 5.75. The van der Waals surface area contributed by atoms with E-state index < -0.39 is 0 Å². The molecule has 3 nitrogen and oxygen atoms in total. The molecule has 0 fully saturated rings. The molecule has 0 saturated heterocycles. The highest BCUT2D eigenvalue weighted by Crippen LogP contribution is 2.10. The van der Waals surface area contributed by atoms with Gasteiger partial charge in [0.2, 0.25) is 0 Å². The zero-order valence-electron chi connectivity index (χ0n) is 10.3. The van der Waals surface area contributed by atoms with Crippen LogP contribution < -0.4 is 4.74 Å². The fraction of sp³-hybridized carbons (Fsp3) is 0.462. The van der Waals surface area contributed by atoms with Crippen LogP contribution in [-0.2, 0) is 4.79 Å². The molecule has 0 aromatic heterocycles. The SMILES string of the molecule is CCCCN(C)C(=O)COc1ccc(F)cc1.